The fourth-order valence-corrected chi connectivity index (χ4v) is 1.70. The average molecular weight is 227 g/mol. The Bertz CT molecular complexity index is 503. The van der Waals surface area contributed by atoms with E-state index >= 15 is 0 Å². The molecule has 2 aromatic rings. The van der Waals surface area contributed by atoms with Crippen LogP contribution < -0.4 is 5.73 Å². The maximum absolute atomic E-state index is 5.64. The molecule has 0 aliphatic rings. The summed E-state index contributed by atoms with van der Waals surface area (Å²) in [6.45, 7) is 4.53. The first-order valence-corrected chi connectivity index (χ1v) is 5.76. The number of hydrogen-bond acceptors (Lipinski definition) is 3. The Morgan fingerprint density at radius 3 is 2.47 bits per heavy atom. The molecular formula is C14H17N3. The Morgan fingerprint density at radius 2 is 1.82 bits per heavy atom. The van der Waals surface area contributed by atoms with E-state index in [4.69, 9.17) is 5.73 Å². The fraction of sp³-hybridized carbons (Fsp3) is 0.286. The van der Waals surface area contributed by atoms with E-state index in [9.17, 15) is 0 Å². The maximum Gasteiger partial charge on any atom is 0.132 e. The summed E-state index contributed by atoms with van der Waals surface area (Å²) in [6, 6.07) is 8.43. The molecular weight excluding hydrogens is 210 g/mol. The molecule has 0 aliphatic carbocycles. The first-order chi connectivity index (χ1) is 8.19. The van der Waals surface area contributed by atoms with E-state index in [0.717, 1.165) is 23.5 Å². The number of aryl methyl sites for hydroxylation is 2. The lowest BCUT2D eigenvalue weighted by molar-refractivity contribution is 0.874. The van der Waals surface area contributed by atoms with Gasteiger partial charge in [0.05, 0.1) is 5.69 Å². The number of nitrogens with zero attached hydrogens (tertiary/aromatic N) is 2. The summed E-state index contributed by atoms with van der Waals surface area (Å²) in [6.07, 6.45) is 2.60. The molecule has 3 nitrogen and oxygen atoms in total. The second kappa shape index (κ2) is 5.06. The molecule has 0 atom stereocenters. The van der Waals surface area contributed by atoms with Gasteiger partial charge >= 0.3 is 0 Å². The number of aromatic nitrogens is 2. The molecule has 0 unspecified atom stereocenters. The van der Waals surface area contributed by atoms with Crippen LogP contribution in [0.15, 0.2) is 30.5 Å². The molecule has 2 N–H and O–H groups in total. The van der Waals surface area contributed by atoms with Gasteiger partial charge in [0.1, 0.15) is 5.82 Å². The Morgan fingerprint density at radius 1 is 1.12 bits per heavy atom. The molecule has 3 heteroatoms. The summed E-state index contributed by atoms with van der Waals surface area (Å²) in [5.74, 6) is 0.833. The largest absolute Gasteiger partial charge is 0.325 e. The standard InChI is InChI=1S/C14H17N3/c1-10-3-5-12(6-4-10)7-14-16-9-11(2)13(8-15)17-14/h3-6,9H,7-8,15H2,1-2H3. The molecule has 1 aromatic heterocycles. The lowest BCUT2D eigenvalue weighted by Crippen LogP contribution is -2.07. The van der Waals surface area contributed by atoms with Crippen LogP contribution in [-0.4, -0.2) is 9.97 Å². The van der Waals surface area contributed by atoms with Gasteiger partial charge in [0.25, 0.3) is 0 Å². The summed E-state index contributed by atoms with van der Waals surface area (Å²) >= 11 is 0. The van der Waals surface area contributed by atoms with Gasteiger partial charge in [-0.1, -0.05) is 29.8 Å². The molecule has 0 saturated carbocycles. The SMILES string of the molecule is Cc1ccc(Cc2ncc(C)c(CN)n2)cc1. The van der Waals surface area contributed by atoms with E-state index in [-0.39, 0.29) is 0 Å². The van der Waals surface area contributed by atoms with Crippen molar-refractivity contribution in [2.45, 2.75) is 26.8 Å². The number of rotatable bonds is 3. The molecule has 17 heavy (non-hydrogen) atoms. The van der Waals surface area contributed by atoms with Crippen LogP contribution in [0.1, 0.15) is 28.2 Å². The summed E-state index contributed by atoms with van der Waals surface area (Å²) in [5, 5.41) is 0. The highest BCUT2D eigenvalue weighted by Crippen LogP contribution is 2.09. The fourth-order valence-electron chi connectivity index (χ4n) is 1.70. The van der Waals surface area contributed by atoms with Gasteiger partial charge in [0.15, 0.2) is 0 Å². The van der Waals surface area contributed by atoms with Gasteiger partial charge < -0.3 is 5.73 Å². The quantitative estimate of drug-likeness (QED) is 0.874. The van der Waals surface area contributed by atoms with Gasteiger partial charge in [-0.25, -0.2) is 9.97 Å². The normalized spacial score (nSPS) is 10.5. The van der Waals surface area contributed by atoms with Gasteiger partial charge in [-0.2, -0.15) is 0 Å². The van der Waals surface area contributed by atoms with Gasteiger partial charge in [-0.3, -0.25) is 0 Å². The third kappa shape index (κ3) is 2.88. The molecule has 0 aliphatic heterocycles. The highest BCUT2D eigenvalue weighted by molar-refractivity contribution is 5.25. The molecule has 0 fully saturated rings. The molecule has 2 rings (SSSR count). The Hall–Kier alpha value is -1.74. The van der Waals surface area contributed by atoms with E-state index in [0.29, 0.717) is 6.54 Å². The monoisotopic (exact) mass is 227 g/mol. The predicted octanol–water partition coefficient (Wildman–Crippen LogP) is 2.14. The zero-order chi connectivity index (χ0) is 12.3. The summed E-state index contributed by atoms with van der Waals surface area (Å²) < 4.78 is 0. The highest BCUT2D eigenvalue weighted by atomic mass is 14.9. The van der Waals surface area contributed by atoms with Crippen molar-refractivity contribution >= 4 is 0 Å². The lowest BCUT2D eigenvalue weighted by atomic mass is 10.1. The van der Waals surface area contributed by atoms with Gasteiger partial charge in [-0.05, 0) is 25.0 Å². The maximum atomic E-state index is 5.64. The van der Waals surface area contributed by atoms with Crippen molar-refractivity contribution in [2.24, 2.45) is 5.73 Å². The Labute approximate surface area is 102 Å². The zero-order valence-electron chi connectivity index (χ0n) is 10.3. The smallest absolute Gasteiger partial charge is 0.132 e. The third-order valence-electron chi connectivity index (χ3n) is 2.80. The predicted molar refractivity (Wildman–Crippen MR) is 68.6 cm³/mol. The van der Waals surface area contributed by atoms with E-state index in [1.807, 2.05) is 13.1 Å². The second-order valence-electron chi connectivity index (χ2n) is 4.28. The first kappa shape index (κ1) is 11.7. The van der Waals surface area contributed by atoms with Gasteiger partial charge in [0.2, 0.25) is 0 Å². The van der Waals surface area contributed by atoms with Crippen LogP contribution in [0.2, 0.25) is 0 Å². The summed E-state index contributed by atoms with van der Waals surface area (Å²) in [7, 11) is 0. The molecule has 0 spiro atoms. The highest BCUT2D eigenvalue weighted by Gasteiger charge is 2.03. The molecule has 0 saturated heterocycles. The Kier molecular flexibility index (Phi) is 3.49. The molecule has 88 valence electrons. The van der Waals surface area contributed by atoms with E-state index in [2.05, 4.69) is 41.2 Å². The van der Waals surface area contributed by atoms with Crippen molar-refractivity contribution in [3.63, 3.8) is 0 Å². The van der Waals surface area contributed by atoms with Crippen LogP contribution >= 0.6 is 0 Å². The number of hydrogen-bond donors (Lipinski definition) is 1. The van der Waals surface area contributed by atoms with Crippen LogP contribution in [0.3, 0.4) is 0 Å². The van der Waals surface area contributed by atoms with Gasteiger partial charge in [0, 0.05) is 19.2 Å². The van der Waals surface area contributed by atoms with Crippen molar-refractivity contribution < 1.29 is 0 Å². The van der Waals surface area contributed by atoms with Gasteiger partial charge in [-0.15, -0.1) is 0 Å². The molecule has 0 radical (unpaired) electrons. The third-order valence-corrected chi connectivity index (χ3v) is 2.80. The first-order valence-electron chi connectivity index (χ1n) is 5.76. The van der Waals surface area contributed by atoms with E-state index < -0.39 is 0 Å². The number of nitrogens with two attached hydrogens (primary N) is 1. The zero-order valence-corrected chi connectivity index (χ0v) is 10.3. The number of benzene rings is 1. The average Bonchev–Trinajstić information content (AvgIpc) is 2.34. The van der Waals surface area contributed by atoms with Crippen LogP contribution in [0.5, 0.6) is 0 Å². The van der Waals surface area contributed by atoms with E-state index in [1.54, 1.807) is 0 Å². The van der Waals surface area contributed by atoms with Crippen molar-refractivity contribution in [2.75, 3.05) is 0 Å². The van der Waals surface area contributed by atoms with Crippen molar-refractivity contribution in [1.29, 1.82) is 0 Å². The Balaban J connectivity index is 2.21. The van der Waals surface area contributed by atoms with Crippen LogP contribution in [-0.2, 0) is 13.0 Å². The molecule has 0 amide bonds. The summed E-state index contributed by atoms with van der Waals surface area (Å²) in [4.78, 5) is 8.81. The van der Waals surface area contributed by atoms with E-state index in [1.165, 1.54) is 11.1 Å². The molecule has 1 aromatic carbocycles. The topological polar surface area (TPSA) is 51.8 Å². The minimum atomic E-state index is 0.468. The van der Waals surface area contributed by atoms with Crippen molar-refractivity contribution in [1.82, 2.24) is 9.97 Å². The van der Waals surface area contributed by atoms with Crippen LogP contribution in [0.4, 0.5) is 0 Å². The second-order valence-corrected chi connectivity index (χ2v) is 4.28. The van der Waals surface area contributed by atoms with Crippen LogP contribution in [0, 0.1) is 13.8 Å². The lowest BCUT2D eigenvalue weighted by Gasteiger charge is -2.05. The van der Waals surface area contributed by atoms with Crippen LogP contribution in [0.25, 0.3) is 0 Å². The minimum absolute atomic E-state index is 0.468. The molecule has 0 bridgehead atoms. The minimum Gasteiger partial charge on any atom is -0.325 e. The van der Waals surface area contributed by atoms with Crippen molar-refractivity contribution in [3.05, 3.63) is 58.7 Å². The molecule has 1 heterocycles. The van der Waals surface area contributed by atoms with Crippen molar-refractivity contribution in [3.8, 4) is 0 Å². The summed E-state index contributed by atoms with van der Waals surface area (Å²) in [5.41, 5.74) is 10.1.